The molecule has 3 nitrogen and oxygen atoms in total. The van der Waals surface area contributed by atoms with Crippen molar-refractivity contribution in [2.45, 2.75) is 38.0 Å². The minimum atomic E-state index is 0.175. The number of Topliss-reactive ketones (excluding diaryl/α,β-unsaturated/α-hetero) is 1. The van der Waals surface area contributed by atoms with Crippen LogP contribution in [-0.4, -0.2) is 37.4 Å². The van der Waals surface area contributed by atoms with Gasteiger partial charge in [-0.25, -0.2) is 0 Å². The predicted octanol–water partition coefficient (Wildman–Crippen LogP) is 3.03. The van der Waals surface area contributed by atoms with E-state index in [0.29, 0.717) is 11.7 Å². The van der Waals surface area contributed by atoms with E-state index in [4.69, 9.17) is 4.74 Å². The number of likely N-dealkylation sites (tertiary alicyclic amines) is 1. The molecule has 1 saturated carbocycles. The van der Waals surface area contributed by atoms with Gasteiger partial charge < -0.3 is 9.64 Å². The number of rotatable bonds is 3. The first-order chi connectivity index (χ1) is 10.2. The molecular formula is C18H25NO2. The van der Waals surface area contributed by atoms with E-state index in [1.165, 1.54) is 5.56 Å². The molecular weight excluding hydrogens is 262 g/mol. The second kappa shape index (κ2) is 5.80. The normalized spacial score (nSPS) is 30.0. The smallest absolute Gasteiger partial charge is 0.133 e. The van der Waals surface area contributed by atoms with Gasteiger partial charge in [-0.3, -0.25) is 4.79 Å². The fraction of sp³-hybridized carbons (Fsp3) is 0.611. The van der Waals surface area contributed by atoms with Gasteiger partial charge in [0.25, 0.3) is 0 Å². The number of carbonyl (C=O) groups is 1. The summed E-state index contributed by atoms with van der Waals surface area (Å²) in [4.78, 5) is 14.5. The number of hydrogen-bond acceptors (Lipinski definition) is 3. The van der Waals surface area contributed by atoms with Crippen LogP contribution in [0.3, 0.4) is 0 Å². The maximum absolute atomic E-state index is 12.0. The highest BCUT2D eigenvalue weighted by Gasteiger charge is 2.47. The SMILES string of the molecule is CCN1CC[C@@]2(c3cccc(OC)c3)CCC(=O)C[C@@H]2C1. The van der Waals surface area contributed by atoms with Gasteiger partial charge >= 0.3 is 0 Å². The molecule has 1 aliphatic heterocycles. The molecule has 1 saturated heterocycles. The number of fused-ring (bicyclic) bond motifs is 1. The molecule has 0 amide bonds. The van der Waals surface area contributed by atoms with Crippen molar-refractivity contribution < 1.29 is 9.53 Å². The Hall–Kier alpha value is -1.35. The van der Waals surface area contributed by atoms with E-state index in [1.807, 2.05) is 6.07 Å². The highest BCUT2D eigenvalue weighted by Crippen LogP contribution is 2.48. The van der Waals surface area contributed by atoms with Gasteiger partial charge in [-0.15, -0.1) is 0 Å². The van der Waals surface area contributed by atoms with Crippen LogP contribution in [0.5, 0.6) is 5.75 Å². The van der Waals surface area contributed by atoms with Crippen LogP contribution < -0.4 is 4.74 Å². The van der Waals surface area contributed by atoms with Gasteiger partial charge in [0.1, 0.15) is 11.5 Å². The first-order valence-electron chi connectivity index (χ1n) is 8.06. The lowest BCUT2D eigenvalue weighted by Gasteiger charge is -2.50. The van der Waals surface area contributed by atoms with Gasteiger partial charge in [0.15, 0.2) is 0 Å². The number of piperidine rings is 1. The highest BCUT2D eigenvalue weighted by molar-refractivity contribution is 5.80. The lowest BCUT2D eigenvalue weighted by atomic mass is 9.59. The number of hydrogen-bond donors (Lipinski definition) is 0. The van der Waals surface area contributed by atoms with Crippen LogP contribution in [0.15, 0.2) is 24.3 Å². The molecule has 1 aromatic rings. The Morgan fingerprint density at radius 3 is 3.00 bits per heavy atom. The van der Waals surface area contributed by atoms with Crippen LogP contribution in [0.1, 0.15) is 38.2 Å². The molecule has 21 heavy (non-hydrogen) atoms. The quantitative estimate of drug-likeness (QED) is 0.856. The molecule has 0 radical (unpaired) electrons. The Morgan fingerprint density at radius 2 is 2.24 bits per heavy atom. The van der Waals surface area contributed by atoms with E-state index in [-0.39, 0.29) is 5.41 Å². The second-order valence-corrected chi connectivity index (χ2v) is 6.47. The fourth-order valence-corrected chi connectivity index (χ4v) is 4.21. The Morgan fingerprint density at radius 1 is 1.38 bits per heavy atom. The van der Waals surface area contributed by atoms with Crippen molar-refractivity contribution in [2.75, 3.05) is 26.7 Å². The third-order valence-electron chi connectivity index (χ3n) is 5.55. The summed E-state index contributed by atoms with van der Waals surface area (Å²) in [6.45, 7) is 5.49. The van der Waals surface area contributed by atoms with Gasteiger partial charge in [0.2, 0.25) is 0 Å². The summed E-state index contributed by atoms with van der Waals surface area (Å²) < 4.78 is 5.41. The minimum absolute atomic E-state index is 0.175. The third kappa shape index (κ3) is 2.59. The molecule has 2 fully saturated rings. The molecule has 0 aromatic heterocycles. The molecule has 1 heterocycles. The van der Waals surface area contributed by atoms with Crippen LogP contribution in [0.25, 0.3) is 0 Å². The largest absolute Gasteiger partial charge is 0.497 e. The zero-order valence-corrected chi connectivity index (χ0v) is 13.1. The van der Waals surface area contributed by atoms with Crippen molar-refractivity contribution in [1.82, 2.24) is 4.90 Å². The Balaban J connectivity index is 1.96. The van der Waals surface area contributed by atoms with Crippen LogP contribution in [0.2, 0.25) is 0 Å². The summed E-state index contributed by atoms with van der Waals surface area (Å²) in [6, 6.07) is 8.50. The van der Waals surface area contributed by atoms with Crippen LogP contribution in [0, 0.1) is 5.92 Å². The summed E-state index contributed by atoms with van der Waals surface area (Å²) in [7, 11) is 1.72. The Bertz CT molecular complexity index is 528. The second-order valence-electron chi connectivity index (χ2n) is 6.47. The molecule has 3 rings (SSSR count). The van der Waals surface area contributed by atoms with E-state index < -0.39 is 0 Å². The highest BCUT2D eigenvalue weighted by atomic mass is 16.5. The lowest BCUT2D eigenvalue weighted by Crippen LogP contribution is -2.52. The summed E-state index contributed by atoms with van der Waals surface area (Å²) in [5.74, 6) is 1.83. The predicted molar refractivity (Wildman–Crippen MR) is 83.8 cm³/mol. The molecule has 2 atom stereocenters. The number of methoxy groups -OCH3 is 1. The molecule has 114 valence electrons. The minimum Gasteiger partial charge on any atom is -0.497 e. The Kier molecular flexibility index (Phi) is 4.03. The molecule has 0 N–H and O–H groups in total. The number of ether oxygens (including phenoxy) is 1. The van der Waals surface area contributed by atoms with Crippen molar-refractivity contribution in [1.29, 1.82) is 0 Å². The monoisotopic (exact) mass is 287 g/mol. The van der Waals surface area contributed by atoms with Gasteiger partial charge in [0, 0.05) is 24.8 Å². The number of ketones is 1. The van der Waals surface area contributed by atoms with Crippen molar-refractivity contribution in [3.05, 3.63) is 29.8 Å². The number of benzene rings is 1. The first-order valence-corrected chi connectivity index (χ1v) is 8.06. The van der Waals surface area contributed by atoms with Gasteiger partial charge in [0.05, 0.1) is 7.11 Å². The molecule has 1 aliphatic carbocycles. The average molecular weight is 287 g/mol. The van der Waals surface area contributed by atoms with Gasteiger partial charge in [-0.2, -0.15) is 0 Å². The standard InChI is InChI=1S/C18H25NO2/c1-3-19-10-9-18(8-7-16(20)11-15(18)13-19)14-5-4-6-17(12-14)21-2/h4-6,12,15H,3,7-11,13H2,1-2H3/t15-,18-/m1/s1. The maximum atomic E-state index is 12.0. The molecule has 0 spiro atoms. The average Bonchev–Trinajstić information content (AvgIpc) is 2.54. The first kappa shape index (κ1) is 14.6. The Labute approximate surface area is 127 Å². The topological polar surface area (TPSA) is 29.5 Å². The molecule has 3 heteroatoms. The van der Waals surface area contributed by atoms with Crippen molar-refractivity contribution >= 4 is 5.78 Å². The van der Waals surface area contributed by atoms with Gasteiger partial charge in [-0.05, 0) is 49.5 Å². The van der Waals surface area contributed by atoms with Gasteiger partial charge in [-0.1, -0.05) is 19.1 Å². The van der Waals surface area contributed by atoms with Crippen molar-refractivity contribution in [3.8, 4) is 5.75 Å². The molecule has 1 aromatic carbocycles. The zero-order chi connectivity index (χ0) is 14.9. The fourth-order valence-electron chi connectivity index (χ4n) is 4.21. The van der Waals surface area contributed by atoms with Crippen molar-refractivity contribution in [2.24, 2.45) is 5.92 Å². The molecule has 0 unspecified atom stereocenters. The van der Waals surface area contributed by atoms with Crippen LogP contribution in [-0.2, 0) is 10.2 Å². The van der Waals surface area contributed by atoms with E-state index in [0.717, 1.165) is 51.1 Å². The molecule has 0 bridgehead atoms. The van der Waals surface area contributed by atoms with E-state index in [2.05, 4.69) is 30.0 Å². The van der Waals surface area contributed by atoms with E-state index >= 15 is 0 Å². The lowest BCUT2D eigenvalue weighted by molar-refractivity contribution is -0.124. The maximum Gasteiger partial charge on any atom is 0.133 e. The summed E-state index contributed by atoms with van der Waals surface area (Å²) in [6.07, 6.45) is 3.64. The van der Waals surface area contributed by atoms with Crippen LogP contribution >= 0.6 is 0 Å². The zero-order valence-electron chi connectivity index (χ0n) is 13.1. The number of carbonyl (C=O) groups excluding carboxylic acids is 1. The number of nitrogens with zero attached hydrogens (tertiary/aromatic N) is 1. The third-order valence-corrected chi connectivity index (χ3v) is 5.55. The van der Waals surface area contributed by atoms with Crippen molar-refractivity contribution in [3.63, 3.8) is 0 Å². The summed E-state index contributed by atoms with van der Waals surface area (Å²) >= 11 is 0. The van der Waals surface area contributed by atoms with E-state index in [1.54, 1.807) is 7.11 Å². The summed E-state index contributed by atoms with van der Waals surface area (Å²) in [5, 5.41) is 0. The summed E-state index contributed by atoms with van der Waals surface area (Å²) in [5.41, 5.74) is 1.55. The van der Waals surface area contributed by atoms with Crippen LogP contribution in [0.4, 0.5) is 0 Å². The molecule has 2 aliphatic rings. The van der Waals surface area contributed by atoms with E-state index in [9.17, 15) is 4.79 Å².